The smallest absolute Gasteiger partial charge is 0.332 e. The fourth-order valence-corrected chi connectivity index (χ4v) is 4.20. The van der Waals surface area contributed by atoms with Gasteiger partial charge in [-0.2, -0.15) is 11.8 Å². The topological polar surface area (TPSA) is 68.2 Å². The number of aliphatic hydroxyl groups excluding tert-OH is 2. The zero-order valence-electron chi connectivity index (χ0n) is 13.7. The van der Waals surface area contributed by atoms with Crippen LogP contribution in [-0.4, -0.2) is 54.8 Å². The third-order valence-electron chi connectivity index (χ3n) is 3.64. The van der Waals surface area contributed by atoms with Crippen molar-refractivity contribution in [3.05, 3.63) is 0 Å². The molecule has 3 fully saturated rings. The van der Waals surface area contributed by atoms with E-state index in [4.69, 9.17) is 23.8 Å². The van der Waals surface area contributed by atoms with Gasteiger partial charge in [0.2, 0.25) is 0 Å². The molecule has 3 rings (SSSR count). The van der Waals surface area contributed by atoms with E-state index >= 15 is 0 Å². The Balaban J connectivity index is 0.000000222. The fourth-order valence-electron chi connectivity index (χ4n) is 2.09. The zero-order chi connectivity index (χ0) is 16.1. The van der Waals surface area contributed by atoms with E-state index in [9.17, 15) is 0 Å². The summed E-state index contributed by atoms with van der Waals surface area (Å²) < 4.78 is 15.4. The van der Waals surface area contributed by atoms with Crippen LogP contribution in [0.2, 0.25) is 0 Å². The van der Waals surface area contributed by atoms with Crippen LogP contribution in [-0.2, 0) is 13.6 Å². The summed E-state index contributed by atoms with van der Waals surface area (Å²) in [6.45, 7) is 4.40. The minimum atomic E-state index is -1.05. The van der Waals surface area contributed by atoms with Crippen LogP contribution in [0.15, 0.2) is 0 Å². The van der Waals surface area contributed by atoms with Crippen molar-refractivity contribution in [1.29, 1.82) is 0 Å². The number of fused-ring (bicyclic) bond motifs is 3. The van der Waals surface area contributed by atoms with E-state index in [-0.39, 0.29) is 12.0 Å². The second-order valence-corrected chi connectivity index (χ2v) is 8.25. The average molecular weight is 354 g/mol. The third-order valence-corrected chi connectivity index (χ3v) is 5.71. The van der Waals surface area contributed by atoms with Crippen molar-refractivity contribution in [2.75, 3.05) is 44.5 Å². The Kier molecular flexibility index (Phi) is 12.1. The highest BCUT2D eigenvalue weighted by molar-refractivity contribution is 7.99. The van der Waals surface area contributed by atoms with Crippen molar-refractivity contribution in [1.82, 2.24) is 0 Å². The van der Waals surface area contributed by atoms with Gasteiger partial charge in [0.25, 0.3) is 0 Å². The molecule has 0 radical (unpaired) electrons. The second-order valence-electron chi connectivity index (χ2n) is 5.81. The highest BCUT2D eigenvalue weighted by Crippen LogP contribution is 2.52. The van der Waals surface area contributed by atoms with Gasteiger partial charge in [-0.15, -0.1) is 0 Å². The molecule has 3 aliphatic heterocycles. The minimum Gasteiger partial charge on any atom is -0.396 e. The molecule has 3 heterocycles. The lowest BCUT2D eigenvalue weighted by Gasteiger charge is -2.42. The first-order chi connectivity index (χ1) is 10.8. The van der Waals surface area contributed by atoms with Crippen LogP contribution in [0, 0.1) is 5.41 Å². The molecule has 132 valence electrons. The van der Waals surface area contributed by atoms with Crippen molar-refractivity contribution >= 4 is 20.4 Å². The molecule has 0 amide bonds. The van der Waals surface area contributed by atoms with Crippen LogP contribution < -0.4 is 0 Å². The molecule has 0 aromatic rings. The van der Waals surface area contributed by atoms with E-state index in [1.165, 1.54) is 44.3 Å². The summed E-state index contributed by atoms with van der Waals surface area (Å²) in [5.41, 5.74) is -0.267. The molecule has 2 N–H and O–H groups in total. The quantitative estimate of drug-likeness (QED) is 0.463. The zero-order valence-corrected chi connectivity index (χ0v) is 15.4. The third kappa shape index (κ3) is 8.44. The van der Waals surface area contributed by atoms with Gasteiger partial charge < -0.3 is 23.8 Å². The van der Waals surface area contributed by atoms with Gasteiger partial charge >= 0.3 is 8.60 Å². The van der Waals surface area contributed by atoms with Gasteiger partial charge in [-0.05, 0) is 12.2 Å². The average Bonchev–Trinajstić information content (AvgIpc) is 2.60. The van der Waals surface area contributed by atoms with Crippen molar-refractivity contribution in [2.45, 2.75) is 45.4 Å². The maximum atomic E-state index is 8.93. The Labute approximate surface area is 140 Å². The van der Waals surface area contributed by atoms with E-state index in [0.29, 0.717) is 26.4 Å². The molecule has 0 aromatic heterocycles. The van der Waals surface area contributed by atoms with Gasteiger partial charge in [-0.1, -0.05) is 39.0 Å². The van der Waals surface area contributed by atoms with Crippen molar-refractivity contribution in [3.63, 3.8) is 0 Å². The van der Waals surface area contributed by atoms with Gasteiger partial charge in [-0.3, -0.25) is 0 Å². The molecule has 0 aliphatic carbocycles. The lowest BCUT2D eigenvalue weighted by molar-refractivity contribution is -0.0965. The molecular formula is C15H31O5PS. The molecule has 0 aromatic carbocycles. The number of rotatable bonds is 10. The maximum absolute atomic E-state index is 8.93. The van der Waals surface area contributed by atoms with E-state index in [1.807, 2.05) is 11.8 Å². The summed E-state index contributed by atoms with van der Waals surface area (Å²) in [5.74, 6) is 2.14. The summed E-state index contributed by atoms with van der Waals surface area (Å²) >= 11 is 1.87. The lowest BCUT2D eigenvalue weighted by Crippen LogP contribution is -2.46. The Morgan fingerprint density at radius 2 is 1.50 bits per heavy atom. The molecule has 0 atom stereocenters. The molecule has 0 saturated carbocycles. The number of aliphatic hydroxyl groups is 2. The van der Waals surface area contributed by atoms with Gasteiger partial charge in [0, 0.05) is 5.75 Å². The molecular weight excluding hydrogens is 323 g/mol. The minimum absolute atomic E-state index is 0.0795. The Hall–Kier alpha value is 0.580. The molecule has 2 bridgehead atoms. The summed E-state index contributed by atoms with van der Waals surface area (Å²) in [6.07, 6.45) is 8.23. The summed E-state index contributed by atoms with van der Waals surface area (Å²) in [4.78, 5) is 0. The van der Waals surface area contributed by atoms with Crippen molar-refractivity contribution in [3.8, 4) is 0 Å². The van der Waals surface area contributed by atoms with Crippen LogP contribution >= 0.6 is 20.4 Å². The Morgan fingerprint density at radius 1 is 0.909 bits per heavy atom. The summed E-state index contributed by atoms with van der Waals surface area (Å²) in [5, 5.41) is 17.5. The number of thioether (sulfide) groups is 1. The molecule has 0 unspecified atom stereocenters. The fraction of sp³-hybridized carbons (Fsp3) is 1.00. The molecule has 0 spiro atoms. The van der Waals surface area contributed by atoms with Crippen LogP contribution in [0.5, 0.6) is 0 Å². The second kappa shape index (κ2) is 12.9. The predicted molar refractivity (Wildman–Crippen MR) is 92.1 cm³/mol. The number of unbranched alkanes of at least 4 members (excludes halogenated alkanes) is 5. The van der Waals surface area contributed by atoms with Crippen LogP contribution in [0.1, 0.15) is 45.4 Å². The monoisotopic (exact) mass is 354 g/mol. The van der Waals surface area contributed by atoms with Gasteiger partial charge in [0.05, 0.1) is 38.4 Å². The molecule has 22 heavy (non-hydrogen) atoms. The highest BCUT2D eigenvalue weighted by Gasteiger charge is 2.44. The Bertz CT molecular complexity index is 239. The first kappa shape index (κ1) is 20.6. The van der Waals surface area contributed by atoms with Gasteiger partial charge in [0.15, 0.2) is 0 Å². The maximum Gasteiger partial charge on any atom is 0.332 e. The number of hydrogen-bond donors (Lipinski definition) is 2. The first-order valence-corrected chi connectivity index (χ1v) is 10.5. The SMILES string of the molecule is CCCCCCCCSCCO.OCC12COP(OC1)OC2. The van der Waals surface area contributed by atoms with Gasteiger partial charge in [0.1, 0.15) is 0 Å². The largest absolute Gasteiger partial charge is 0.396 e. The lowest BCUT2D eigenvalue weighted by atomic mass is 9.93. The highest BCUT2D eigenvalue weighted by atomic mass is 32.2. The summed E-state index contributed by atoms with van der Waals surface area (Å²) in [6, 6.07) is 0. The molecule has 3 saturated heterocycles. The van der Waals surface area contributed by atoms with Crippen molar-refractivity contribution in [2.24, 2.45) is 5.41 Å². The Morgan fingerprint density at radius 3 is 2.00 bits per heavy atom. The van der Waals surface area contributed by atoms with Crippen molar-refractivity contribution < 1.29 is 23.8 Å². The number of hydrogen-bond acceptors (Lipinski definition) is 6. The van der Waals surface area contributed by atoms with E-state index in [0.717, 1.165) is 5.75 Å². The van der Waals surface area contributed by atoms with Gasteiger partial charge in [-0.25, -0.2) is 0 Å². The normalized spacial score (nSPS) is 26.6. The van der Waals surface area contributed by atoms with E-state index < -0.39 is 8.60 Å². The van der Waals surface area contributed by atoms with Crippen LogP contribution in [0.25, 0.3) is 0 Å². The van der Waals surface area contributed by atoms with E-state index in [1.54, 1.807) is 0 Å². The standard InChI is InChI=1S/C10H22OS.C5H9O4P/c1-2-3-4-5-6-7-9-12-10-8-11;6-1-5-2-7-10(8-3-5)9-4-5/h11H,2-10H2,1H3;6H,1-4H2. The first-order valence-electron chi connectivity index (χ1n) is 8.24. The predicted octanol–water partition coefficient (Wildman–Crippen LogP) is 3.34. The summed E-state index contributed by atoms with van der Waals surface area (Å²) in [7, 11) is -1.05. The molecule has 7 heteroatoms. The molecule has 5 nitrogen and oxygen atoms in total. The van der Waals surface area contributed by atoms with E-state index in [2.05, 4.69) is 6.92 Å². The van der Waals surface area contributed by atoms with Crippen LogP contribution in [0.3, 0.4) is 0 Å². The molecule has 3 aliphatic rings. The van der Waals surface area contributed by atoms with Crippen LogP contribution in [0.4, 0.5) is 0 Å².